The van der Waals surface area contributed by atoms with Crippen LogP contribution in [0.4, 0.5) is 0 Å². The van der Waals surface area contributed by atoms with Crippen LogP contribution in [-0.2, 0) is 0 Å². The van der Waals surface area contributed by atoms with E-state index in [1.54, 1.807) is 0 Å². The quantitative estimate of drug-likeness (QED) is 0.710. The van der Waals surface area contributed by atoms with E-state index in [0.717, 1.165) is 30.3 Å². The van der Waals surface area contributed by atoms with Crippen molar-refractivity contribution in [3.8, 4) is 0 Å². The molecule has 18 heavy (non-hydrogen) atoms. The van der Waals surface area contributed by atoms with E-state index in [1.165, 1.54) is 64.2 Å². The van der Waals surface area contributed by atoms with E-state index in [-0.39, 0.29) is 0 Å². The average molecular weight is 251 g/mol. The van der Waals surface area contributed by atoms with Crippen LogP contribution in [-0.4, -0.2) is 12.6 Å². The van der Waals surface area contributed by atoms with Gasteiger partial charge in [-0.15, -0.1) is 0 Å². The van der Waals surface area contributed by atoms with E-state index in [2.05, 4.69) is 19.2 Å². The Morgan fingerprint density at radius 2 is 1.56 bits per heavy atom. The van der Waals surface area contributed by atoms with Gasteiger partial charge in [0, 0.05) is 6.04 Å². The van der Waals surface area contributed by atoms with Gasteiger partial charge in [-0.1, -0.05) is 52.4 Å². The van der Waals surface area contributed by atoms with Crippen LogP contribution < -0.4 is 5.32 Å². The van der Waals surface area contributed by atoms with Crippen molar-refractivity contribution in [2.75, 3.05) is 6.54 Å². The van der Waals surface area contributed by atoms with Crippen molar-refractivity contribution in [1.82, 2.24) is 5.32 Å². The first-order chi connectivity index (χ1) is 8.85. The minimum Gasteiger partial charge on any atom is -0.314 e. The zero-order valence-corrected chi connectivity index (χ0v) is 12.6. The molecule has 0 bridgehead atoms. The summed E-state index contributed by atoms with van der Waals surface area (Å²) in [6.07, 6.45) is 14.8. The Morgan fingerprint density at radius 1 is 0.833 bits per heavy atom. The fourth-order valence-corrected chi connectivity index (χ4v) is 4.44. The Morgan fingerprint density at radius 3 is 2.22 bits per heavy atom. The van der Waals surface area contributed by atoms with E-state index in [9.17, 15) is 0 Å². The average Bonchev–Trinajstić information content (AvgIpc) is 2.65. The highest BCUT2D eigenvalue weighted by molar-refractivity contribution is 4.86. The lowest BCUT2D eigenvalue weighted by molar-refractivity contribution is 0.158. The van der Waals surface area contributed by atoms with Crippen LogP contribution in [0.15, 0.2) is 0 Å². The summed E-state index contributed by atoms with van der Waals surface area (Å²) in [5.41, 5.74) is 0. The molecule has 0 aromatic heterocycles. The van der Waals surface area contributed by atoms with Gasteiger partial charge < -0.3 is 5.32 Å². The standard InChI is InChI=1S/C17H33N/c1-3-14-10-12-15(13-11-14)16-8-6-5-7-9-17(16)18-4-2/h14-18H,3-13H2,1-2H3. The molecule has 2 unspecified atom stereocenters. The Bertz CT molecular complexity index is 218. The van der Waals surface area contributed by atoms with Gasteiger partial charge in [-0.3, -0.25) is 0 Å². The van der Waals surface area contributed by atoms with Crippen molar-refractivity contribution in [3.05, 3.63) is 0 Å². The molecule has 2 aliphatic carbocycles. The van der Waals surface area contributed by atoms with Crippen molar-refractivity contribution in [2.24, 2.45) is 17.8 Å². The molecule has 0 aliphatic heterocycles. The fraction of sp³-hybridized carbons (Fsp3) is 1.00. The molecule has 0 aromatic carbocycles. The molecule has 0 heterocycles. The van der Waals surface area contributed by atoms with E-state index in [4.69, 9.17) is 0 Å². The van der Waals surface area contributed by atoms with Gasteiger partial charge in [-0.05, 0) is 50.0 Å². The maximum Gasteiger partial charge on any atom is 0.00978 e. The van der Waals surface area contributed by atoms with Crippen molar-refractivity contribution >= 4 is 0 Å². The van der Waals surface area contributed by atoms with Gasteiger partial charge in [0.1, 0.15) is 0 Å². The third kappa shape index (κ3) is 3.73. The molecule has 0 saturated heterocycles. The zero-order chi connectivity index (χ0) is 12.8. The minimum absolute atomic E-state index is 0.834. The highest BCUT2D eigenvalue weighted by Crippen LogP contribution is 2.40. The second-order valence-electron chi connectivity index (χ2n) is 6.66. The first-order valence-electron chi connectivity index (χ1n) is 8.58. The highest BCUT2D eigenvalue weighted by atomic mass is 14.9. The normalized spacial score (nSPS) is 38.3. The first kappa shape index (κ1) is 14.4. The molecular formula is C17H33N. The predicted octanol–water partition coefficient (Wildman–Crippen LogP) is 4.76. The van der Waals surface area contributed by atoms with Crippen molar-refractivity contribution in [3.63, 3.8) is 0 Å². The Kier molecular flexibility index (Phi) is 6.01. The first-order valence-corrected chi connectivity index (χ1v) is 8.58. The summed E-state index contributed by atoms with van der Waals surface area (Å²) in [5, 5.41) is 3.80. The molecule has 1 nitrogen and oxygen atoms in total. The number of hydrogen-bond acceptors (Lipinski definition) is 1. The number of nitrogens with one attached hydrogen (secondary N) is 1. The SMILES string of the molecule is CCNC1CCCCCC1C1CCC(CC)CC1. The summed E-state index contributed by atoms with van der Waals surface area (Å²) in [7, 11) is 0. The van der Waals surface area contributed by atoms with Crippen LogP contribution in [0.2, 0.25) is 0 Å². The maximum atomic E-state index is 3.80. The van der Waals surface area contributed by atoms with Crippen LogP contribution in [0.25, 0.3) is 0 Å². The molecule has 1 N–H and O–H groups in total. The van der Waals surface area contributed by atoms with Crippen LogP contribution >= 0.6 is 0 Å². The van der Waals surface area contributed by atoms with E-state index in [0.29, 0.717) is 0 Å². The molecule has 2 atom stereocenters. The zero-order valence-electron chi connectivity index (χ0n) is 12.6. The largest absolute Gasteiger partial charge is 0.314 e. The summed E-state index contributed by atoms with van der Waals surface area (Å²) in [6.45, 7) is 5.81. The lowest BCUT2D eigenvalue weighted by Crippen LogP contribution is -2.40. The second kappa shape index (κ2) is 7.53. The van der Waals surface area contributed by atoms with Gasteiger partial charge in [-0.25, -0.2) is 0 Å². The molecule has 2 saturated carbocycles. The van der Waals surface area contributed by atoms with E-state index in [1.807, 2.05) is 0 Å². The molecule has 2 rings (SSSR count). The summed E-state index contributed by atoms with van der Waals surface area (Å²) < 4.78 is 0. The van der Waals surface area contributed by atoms with Crippen LogP contribution in [0, 0.1) is 17.8 Å². The van der Waals surface area contributed by atoms with Crippen molar-refractivity contribution in [2.45, 2.75) is 84.1 Å². The van der Waals surface area contributed by atoms with Gasteiger partial charge in [0.15, 0.2) is 0 Å². The predicted molar refractivity (Wildman–Crippen MR) is 79.8 cm³/mol. The van der Waals surface area contributed by atoms with E-state index >= 15 is 0 Å². The Balaban J connectivity index is 1.91. The lowest BCUT2D eigenvalue weighted by Gasteiger charge is -2.37. The molecule has 2 aliphatic rings. The third-order valence-corrected chi connectivity index (χ3v) is 5.61. The molecule has 1 heteroatoms. The Labute approximate surface area is 114 Å². The number of rotatable bonds is 4. The Hall–Kier alpha value is -0.0400. The minimum atomic E-state index is 0.834. The molecule has 0 radical (unpaired) electrons. The van der Waals surface area contributed by atoms with Gasteiger partial charge in [0.05, 0.1) is 0 Å². The third-order valence-electron chi connectivity index (χ3n) is 5.61. The van der Waals surface area contributed by atoms with Gasteiger partial charge in [0.25, 0.3) is 0 Å². The number of hydrogen-bond donors (Lipinski definition) is 1. The smallest absolute Gasteiger partial charge is 0.00978 e. The maximum absolute atomic E-state index is 3.80. The summed E-state index contributed by atoms with van der Waals surface area (Å²) >= 11 is 0. The molecule has 2 fully saturated rings. The lowest BCUT2D eigenvalue weighted by atomic mass is 9.71. The van der Waals surface area contributed by atoms with Crippen LogP contribution in [0.1, 0.15) is 78.1 Å². The van der Waals surface area contributed by atoms with Crippen molar-refractivity contribution < 1.29 is 0 Å². The molecule has 0 aromatic rings. The molecule has 0 spiro atoms. The van der Waals surface area contributed by atoms with Gasteiger partial charge in [0.2, 0.25) is 0 Å². The fourth-order valence-electron chi connectivity index (χ4n) is 4.44. The van der Waals surface area contributed by atoms with Crippen LogP contribution in [0.3, 0.4) is 0 Å². The summed E-state index contributed by atoms with van der Waals surface area (Å²) in [6, 6.07) is 0.834. The monoisotopic (exact) mass is 251 g/mol. The molecule has 106 valence electrons. The molecular weight excluding hydrogens is 218 g/mol. The summed E-state index contributed by atoms with van der Waals surface area (Å²) in [4.78, 5) is 0. The summed E-state index contributed by atoms with van der Waals surface area (Å²) in [5.74, 6) is 3.07. The highest BCUT2D eigenvalue weighted by Gasteiger charge is 2.32. The molecule has 0 amide bonds. The van der Waals surface area contributed by atoms with Crippen LogP contribution in [0.5, 0.6) is 0 Å². The van der Waals surface area contributed by atoms with Gasteiger partial charge in [-0.2, -0.15) is 0 Å². The van der Waals surface area contributed by atoms with Crippen molar-refractivity contribution in [1.29, 1.82) is 0 Å². The second-order valence-corrected chi connectivity index (χ2v) is 6.66. The van der Waals surface area contributed by atoms with E-state index < -0.39 is 0 Å². The van der Waals surface area contributed by atoms with Gasteiger partial charge >= 0.3 is 0 Å². The topological polar surface area (TPSA) is 12.0 Å².